The zero-order valence-corrected chi connectivity index (χ0v) is 20.4. The number of carbonyl (C=O) groups is 1. The molecule has 4 heterocycles. The van der Waals surface area contributed by atoms with Crippen molar-refractivity contribution in [2.75, 3.05) is 12.0 Å². The monoisotopic (exact) mass is 535 g/mol. The largest absolute Gasteiger partial charge is 0.463 e. The molecular formula is C25H18FN5O6S. The molecule has 0 bridgehead atoms. The summed E-state index contributed by atoms with van der Waals surface area (Å²) in [6.07, 6.45) is 3.55. The van der Waals surface area contributed by atoms with Gasteiger partial charge in [-0.2, -0.15) is 0 Å². The summed E-state index contributed by atoms with van der Waals surface area (Å²) in [5.74, 6) is -1.47. The quantitative estimate of drug-likeness (QED) is 0.302. The zero-order valence-electron chi connectivity index (χ0n) is 19.6. The van der Waals surface area contributed by atoms with Crippen molar-refractivity contribution in [3.05, 3.63) is 82.4 Å². The third kappa shape index (κ3) is 3.71. The van der Waals surface area contributed by atoms with E-state index in [1.54, 1.807) is 24.3 Å². The predicted octanol–water partition coefficient (Wildman–Crippen LogP) is 3.34. The number of halogens is 1. The number of rotatable bonds is 5. The Bertz CT molecular complexity index is 2090. The van der Waals surface area contributed by atoms with Crippen molar-refractivity contribution < 1.29 is 26.5 Å². The Morgan fingerprint density at radius 1 is 1.21 bits per heavy atom. The fourth-order valence-electron chi connectivity index (χ4n) is 4.69. The molecular weight excluding hydrogens is 517 g/mol. The Kier molecular flexibility index (Phi) is 5.14. The summed E-state index contributed by atoms with van der Waals surface area (Å²) < 4.78 is 53.6. The van der Waals surface area contributed by atoms with E-state index in [1.807, 2.05) is 4.72 Å². The summed E-state index contributed by atoms with van der Waals surface area (Å²) in [7, 11) is -4.01. The highest BCUT2D eigenvalue weighted by atomic mass is 32.2. The van der Waals surface area contributed by atoms with Crippen molar-refractivity contribution >= 4 is 54.6 Å². The maximum absolute atomic E-state index is 15.2. The maximum Gasteiger partial charge on any atom is 0.282 e. The summed E-state index contributed by atoms with van der Waals surface area (Å²) in [5.41, 5.74) is 6.71. The first kappa shape index (κ1) is 23.5. The highest BCUT2D eigenvalue weighted by Crippen LogP contribution is 2.40. The lowest BCUT2D eigenvalue weighted by atomic mass is 10.0. The molecule has 192 valence electrons. The van der Waals surface area contributed by atoms with Crippen molar-refractivity contribution in [3.8, 4) is 11.1 Å². The number of sulfonamides is 1. The summed E-state index contributed by atoms with van der Waals surface area (Å²) in [5, 5.41) is 4.67. The SMILES string of the molecule is CS(=O)(=O)NC(=O)c1c(-c2ccc[nH]c2=O)c2c3occc3c(F)cc2n1Cc1ccc2onc(N)c2c1. The minimum atomic E-state index is -4.01. The van der Waals surface area contributed by atoms with Crippen LogP contribution in [0, 0.1) is 5.82 Å². The Hall–Kier alpha value is -4.91. The number of furan rings is 1. The van der Waals surface area contributed by atoms with Crippen LogP contribution < -0.4 is 16.0 Å². The third-order valence-electron chi connectivity index (χ3n) is 6.20. The van der Waals surface area contributed by atoms with Gasteiger partial charge in [-0.05, 0) is 42.0 Å². The minimum absolute atomic E-state index is 0.0278. The first-order valence-electron chi connectivity index (χ1n) is 11.2. The molecule has 38 heavy (non-hydrogen) atoms. The van der Waals surface area contributed by atoms with Gasteiger partial charge in [0.15, 0.2) is 11.4 Å². The first-order valence-corrected chi connectivity index (χ1v) is 13.1. The van der Waals surface area contributed by atoms with Crippen LogP contribution in [0.25, 0.3) is 44.0 Å². The van der Waals surface area contributed by atoms with Gasteiger partial charge in [-0.15, -0.1) is 0 Å². The van der Waals surface area contributed by atoms with Crippen LogP contribution in [0.4, 0.5) is 10.2 Å². The fourth-order valence-corrected chi connectivity index (χ4v) is 5.12. The van der Waals surface area contributed by atoms with Crippen molar-refractivity contribution in [1.29, 1.82) is 0 Å². The van der Waals surface area contributed by atoms with Crippen molar-refractivity contribution in [1.82, 2.24) is 19.4 Å². The number of fused-ring (bicyclic) bond motifs is 4. The molecule has 13 heteroatoms. The second-order valence-corrected chi connectivity index (χ2v) is 10.5. The van der Waals surface area contributed by atoms with Gasteiger partial charge in [-0.1, -0.05) is 11.2 Å². The van der Waals surface area contributed by atoms with Crippen LogP contribution in [-0.2, 0) is 16.6 Å². The van der Waals surface area contributed by atoms with Gasteiger partial charge in [0.05, 0.1) is 39.8 Å². The molecule has 0 saturated heterocycles. The van der Waals surface area contributed by atoms with Gasteiger partial charge in [0.2, 0.25) is 10.0 Å². The lowest BCUT2D eigenvalue weighted by Crippen LogP contribution is -2.31. The molecule has 11 nitrogen and oxygen atoms in total. The molecule has 0 radical (unpaired) electrons. The van der Waals surface area contributed by atoms with E-state index in [0.29, 0.717) is 16.5 Å². The summed E-state index contributed by atoms with van der Waals surface area (Å²) in [6, 6.07) is 10.7. The van der Waals surface area contributed by atoms with E-state index in [9.17, 15) is 18.0 Å². The third-order valence-corrected chi connectivity index (χ3v) is 6.76. The maximum atomic E-state index is 15.2. The van der Waals surface area contributed by atoms with Gasteiger partial charge in [-0.25, -0.2) is 17.5 Å². The Morgan fingerprint density at radius 3 is 2.79 bits per heavy atom. The van der Waals surface area contributed by atoms with Gasteiger partial charge in [-0.3, -0.25) is 9.59 Å². The minimum Gasteiger partial charge on any atom is -0.463 e. The summed E-state index contributed by atoms with van der Waals surface area (Å²) >= 11 is 0. The molecule has 1 amide bonds. The molecule has 0 aliphatic rings. The molecule has 0 atom stereocenters. The number of nitrogen functional groups attached to an aromatic ring is 1. The molecule has 4 aromatic heterocycles. The van der Waals surface area contributed by atoms with Gasteiger partial charge in [0.25, 0.3) is 11.5 Å². The van der Waals surface area contributed by atoms with E-state index in [-0.39, 0.29) is 51.1 Å². The highest BCUT2D eigenvalue weighted by Gasteiger charge is 2.30. The lowest BCUT2D eigenvalue weighted by molar-refractivity contribution is 0.0974. The Balaban J connectivity index is 1.74. The lowest BCUT2D eigenvalue weighted by Gasteiger charge is -2.12. The van der Waals surface area contributed by atoms with E-state index in [4.69, 9.17) is 14.7 Å². The number of hydrogen-bond acceptors (Lipinski definition) is 8. The van der Waals surface area contributed by atoms with Gasteiger partial charge in [0, 0.05) is 18.3 Å². The van der Waals surface area contributed by atoms with Crippen molar-refractivity contribution in [2.45, 2.75) is 6.54 Å². The number of pyridine rings is 1. The number of anilines is 1. The molecule has 2 aromatic carbocycles. The predicted molar refractivity (Wildman–Crippen MR) is 138 cm³/mol. The van der Waals surface area contributed by atoms with Crippen molar-refractivity contribution in [3.63, 3.8) is 0 Å². The zero-order chi connectivity index (χ0) is 26.8. The van der Waals surface area contributed by atoms with Crippen LogP contribution in [0.15, 0.2) is 68.7 Å². The second kappa shape index (κ2) is 8.31. The molecule has 4 N–H and O–H groups in total. The molecule has 0 spiro atoms. The van der Waals surface area contributed by atoms with Crippen LogP contribution in [0.5, 0.6) is 0 Å². The smallest absolute Gasteiger partial charge is 0.282 e. The number of nitrogens with two attached hydrogens (primary N) is 1. The van der Waals surface area contributed by atoms with Crippen LogP contribution in [0.2, 0.25) is 0 Å². The summed E-state index contributed by atoms with van der Waals surface area (Å²) in [6.45, 7) is -0.0278. The fraction of sp³-hybridized carbons (Fsp3) is 0.0800. The Labute approximate surface area is 212 Å². The standard InChI is InChI=1S/C25H18FN5O6S/c1-38(34,35)30-25(33)21-19(14-3-2-7-28-24(14)32)20-17(10-16(26)13-6-8-36-22(13)20)31(21)11-12-4-5-18-15(9-12)23(27)29-37-18/h2-10H,11H2,1H3,(H2,27,29)(H,28,32)(H,30,33). The number of nitrogens with zero attached hydrogens (tertiary/aromatic N) is 2. The van der Waals surface area contributed by atoms with Gasteiger partial charge in [0.1, 0.15) is 17.1 Å². The number of hydrogen-bond donors (Lipinski definition) is 3. The average molecular weight is 536 g/mol. The Morgan fingerprint density at radius 2 is 2.03 bits per heavy atom. The second-order valence-electron chi connectivity index (χ2n) is 8.74. The number of amides is 1. The van der Waals surface area contributed by atoms with E-state index < -0.39 is 27.3 Å². The topological polar surface area (TPSA) is 166 Å². The van der Waals surface area contributed by atoms with Crippen LogP contribution in [-0.4, -0.2) is 35.3 Å². The molecule has 0 saturated carbocycles. The van der Waals surface area contributed by atoms with Gasteiger partial charge < -0.3 is 24.2 Å². The van der Waals surface area contributed by atoms with Crippen LogP contribution >= 0.6 is 0 Å². The summed E-state index contributed by atoms with van der Waals surface area (Å²) in [4.78, 5) is 29.0. The highest BCUT2D eigenvalue weighted by molar-refractivity contribution is 7.89. The van der Waals surface area contributed by atoms with Crippen molar-refractivity contribution in [2.24, 2.45) is 0 Å². The van der Waals surface area contributed by atoms with Crippen LogP contribution in [0.3, 0.4) is 0 Å². The molecule has 0 aliphatic heterocycles. The van der Waals surface area contributed by atoms with E-state index in [1.165, 1.54) is 35.2 Å². The number of aromatic nitrogens is 3. The first-order chi connectivity index (χ1) is 18.1. The van der Waals surface area contributed by atoms with E-state index >= 15 is 4.39 Å². The average Bonchev–Trinajstić information content (AvgIpc) is 3.56. The molecule has 0 unspecified atom stereocenters. The number of benzene rings is 2. The van der Waals surface area contributed by atoms with Gasteiger partial charge >= 0.3 is 0 Å². The molecule has 6 rings (SSSR count). The number of H-pyrrole nitrogens is 1. The number of aromatic amines is 1. The number of carbonyl (C=O) groups excluding carboxylic acids is 1. The number of nitrogens with one attached hydrogen (secondary N) is 2. The molecule has 0 aliphatic carbocycles. The van der Waals surface area contributed by atoms with E-state index in [0.717, 1.165) is 6.26 Å². The van der Waals surface area contributed by atoms with E-state index in [2.05, 4.69) is 10.1 Å². The normalized spacial score (nSPS) is 12.1. The van der Waals surface area contributed by atoms with Crippen LogP contribution in [0.1, 0.15) is 16.1 Å². The molecule has 6 aromatic rings. The molecule has 0 fully saturated rings.